The molecule has 3 fully saturated rings. The molecule has 3 rings (SSSR count). The molecule has 0 atom stereocenters. The number of ether oxygens (including phenoxy) is 2. The molecule has 0 bridgehead atoms. The van der Waals surface area contributed by atoms with Crippen molar-refractivity contribution < 1.29 is 9.47 Å². The van der Waals surface area contributed by atoms with Crippen molar-refractivity contribution in [3.63, 3.8) is 0 Å². The molecular formula is C32H58Cl2O2. The second kappa shape index (κ2) is 15.9. The van der Waals surface area contributed by atoms with Crippen molar-refractivity contribution in [1.82, 2.24) is 0 Å². The van der Waals surface area contributed by atoms with Crippen molar-refractivity contribution >= 4 is 23.2 Å². The van der Waals surface area contributed by atoms with E-state index in [1.807, 2.05) is 0 Å². The van der Waals surface area contributed by atoms with Crippen LogP contribution in [0, 0.1) is 10.8 Å². The Morgan fingerprint density at radius 2 is 0.861 bits per heavy atom. The Morgan fingerprint density at radius 3 is 1.19 bits per heavy atom. The van der Waals surface area contributed by atoms with E-state index in [2.05, 4.69) is 13.8 Å². The Kier molecular flexibility index (Phi) is 13.7. The number of unbranched alkanes of at least 4 members (excludes halogenated alkanes) is 12. The molecule has 4 heteroatoms. The lowest BCUT2D eigenvalue weighted by Gasteiger charge is -2.69. The highest BCUT2D eigenvalue weighted by Crippen LogP contribution is 2.76. The molecule has 212 valence electrons. The van der Waals surface area contributed by atoms with Crippen LogP contribution in [0.3, 0.4) is 0 Å². The van der Waals surface area contributed by atoms with Crippen LogP contribution in [-0.2, 0) is 9.47 Å². The van der Waals surface area contributed by atoms with Crippen LogP contribution in [0.2, 0.25) is 0 Å². The molecule has 2 spiro atoms. The largest absolute Gasteiger partial charge is 0.378 e. The predicted molar refractivity (Wildman–Crippen MR) is 156 cm³/mol. The van der Waals surface area contributed by atoms with E-state index in [0.717, 1.165) is 64.6 Å². The highest BCUT2D eigenvalue weighted by molar-refractivity contribution is 6.50. The zero-order valence-corrected chi connectivity index (χ0v) is 25.4. The summed E-state index contributed by atoms with van der Waals surface area (Å²) in [5.41, 5.74) is 0.251. The number of hydrogen-bond acceptors (Lipinski definition) is 2. The molecule has 0 amide bonds. The molecule has 36 heavy (non-hydrogen) atoms. The molecule has 3 aliphatic rings. The molecule has 0 heterocycles. The fourth-order valence-corrected chi connectivity index (χ4v) is 8.57. The lowest BCUT2D eigenvalue weighted by atomic mass is 9.44. The lowest BCUT2D eigenvalue weighted by Crippen LogP contribution is -2.67. The van der Waals surface area contributed by atoms with Gasteiger partial charge in [-0.15, -0.1) is 23.2 Å². The van der Waals surface area contributed by atoms with Gasteiger partial charge in [-0.25, -0.2) is 0 Å². The standard InChI is InChI=1S/C32H58Cl2O2/c1-3-5-7-9-11-13-15-25-35-28-17-21-30(22-18-28)27-31(32(30,33)34)23-19-29(20-24-31)36-26-16-14-12-10-8-6-4-2/h28-29H,3-27H2,1-2H3. The number of rotatable bonds is 18. The van der Waals surface area contributed by atoms with Gasteiger partial charge in [0.25, 0.3) is 0 Å². The second-order valence-corrected chi connectivity index (χ2v) is 14.0. The fourth-order valence-electron chi connectivity index (χ4n) is 7.55. The lowest BCUT2D eigenvalue weighted by molar-refractivity contribution is -0.139. The summed E-state index contributed by atoms with van der Waals surface area (Å²) < 4.78 is 12.0. The van der Waals surface area contributed by atoms with E-state index < -0.39 is 4.33 Å². The maximum atomic E-state index is 7.25. The topological polar surface area (TPSA) is 18.5 Å². The van der Waals surface area contributed by atoms with Gasteiger partial charge in [-0.3, -0.25) is 0 Å². The molecule has 2 nitrogen and oxygen atoms in total. The minimum Gasteiger partial charge on any atom is -0.378 e. The van der Waals surface area contributed by atoms with E-state index in [1.165, 1.54) is 96.3 Å². The van der Waals surface area contributed by atoms with Gasteiger partial charge in [-0.05, 0) is 70.6 Å². The fraction of sp³-hybridized carbons (Fsp3) is 1.00. The summed E-state index contributed by atoms with van der Waals surface area (Å²) in [7, 11) is 0. The first-order valence-corrected chi connectivity index (χ1v) is 16.9. The first kappa shape index (κ1) is 31.0. The van der Waals surface area contributed by atoms with E-state index in [0.29, 0.717) is 12.2 Å². The molecule has 0 aromatic carbocycles. The molecule has 3 saturated carbocycles. The molecule has 0 radical (unpaired) electrons. The van der Waals surface area contributed by atoms with Crippen molar-refractivity contribution in [1.29, 1.82) is 0 Å². The summed E-state index contributed by atoms with van der Waals surface area (Å²) in [6, 6.07) is 0. The maximum absolute atomic E-state index is 7.25. The van der Waals surface area contributed by atoms with Crippen LogP contribution < -0.4 is 0 Å². The molecule has 0 aliphatic heterocycles. The Balaban J connectivity index is 1.26. The summed E-state index contributed by atoms with van der Waals surface area (Å²) in [5, 5.41) is 0. The number of alkyl halides is 2. The van der Waals surface area contributed by atoms with Gasteiger partial charge in [0.15, 0.2) is 0 Å². The minimum atomic E-state index is -0.563. The van der Waals surface area contributed by atoms with E-state index in [-0.39, 0.29) is 10.8 Å². The highest BCUT2D eigenvalue weighted by Gasteiger charge is 2.72. The number of halogens is 2. The Morgan fingerprint density at radius 1 is 0.528 bits per heavy atom. The summed E-state index contributed by atoms with van der Waals surface area (Å²) in [6.45, 7) is 6.43. The predicted octanol–water partition coefficient (Wildman–Crippen LogP) is 11.0. The van der Waals surface area contributed by atoms with Crippen LogP contribution in [0.25, 0.3) is 0 Å². The van der Waals surface area contributed by atoms with Crippen molar-refractivity contribution in [2.75, 3.05) is 13.2 Å². The Hall–Kier alpha value is 0.500. The van der Waals surface area contributed by atoms with Crippen LogP contribution in [0.1, 0.15) is 162 Å². The molecular weight excluding hydrogens is 487 g/mol. The third-order valence-electron chi connectivity index (χ3n) is 9.99. The van der Waals surface area contributed by atoms with Gasteiger partial charge in [0.05, 0.1) is 12.2 Å². The summed E-state index contributed by atoms with van der Waals surface area (Å²) in [4.78, 5) is 0. The maximum Gasteiger partial charge on any atom is 0.129 e. The highest BCUT2D eigenvalue weighted by atomic mass is 35.5. The Bertz CT molecular complexity index is 529. The summed E-state index contributed by atoms with van der Waals surface area (Å²) in [6.07, 6.45) is 30.0. The SMILES string of the molecule is CCCCCCCCCOC1CCC2(CC1)CC1(CCC(OCCCCCCCCC)CC1)C2(Cl)Cl. The third-order valence-corrected chi connectivity index (χ3v) is 11.6. The molecule has 3 aliphatic carbocycles. The zero-order chi connectivity index (χ0) is 25.7. The summed E-state index contributed by atoms with van der Waals surface area (Å²) in [5.74, 6) is 0. The smallest absolute Gasteiger partial charge is 0.129 e. The minimum absolute atomic E-state index is 0.126. The van der Waals surface area contributed by atoms with Crippen LogP contribution in [-0.4, -0.2) is 29.8 Å². The molecule has 0 unspecified atom stereocenters. The Labute approximate surface area is 234 Å². The molecule has 0 aromatic heterocycles. The van der Waals surface area contributed by atoms with Gasteiger partial charge in [0.1, 0.15) is 4.33 Å². The summed E-state index contributed by atoms with van der Waals surface area (Å²) >= 11 is 14.5. The second-order valence-electron chi connectivity index (χ2n) is 12.7. The van der Waals surface area contributed by atoms with Gasteiger partial charge in [-0.2, -0.15) is 0 Å². The van der Waals surface area contributed by atoms with E-state index >= 15 is 0 Å². The van der Waals surface area contributed by atoms with Crippen LogP contribution in [0.5, 0.6) is 0 Å². The van der Waals surface area contributed by atoms with Crippen molar-refractivity contribution in [3.05, 3.63) is 0 Å². The van der Waals surface area contributed by atoms with Gasteiger partial charge < -0.3 is 9.47 Å². The van der Waals surface area contributed by atoms with Gasteiger partial charge in [0, 0.05) is 24.0 Å². The van der Waals surface area contributed by atoms with Crippen molar-refractivity contribution in [2.45, 2.75) is 178 Å². The average Bonchev–Trinajstić information content (AvgIpc) is 2.89. The van der Waals surface area contributed by atoms with E-state index in [9.17, 15) is 0 Å². The molecule has 0 aromatic rings. The van der Waals surface area contributed by atoms with Crippen LogP contribution >= 0.6 is 23.2 Å². The van der Waals surface area contributed by atoms with E-state index in [4.69, 9.17) is 32.7 Å². The van der Waals surface area contributed by atoms with Gasteiger partial charge in [-0.1, -0.05) is 90.9 Å². The van der Waals surface area contributed by atoms with Crippen LogP contribution in [0.4, 0.5) is 0 Å². The first-order chi connectivity index (χ1) is 17.5. The van der Waals surface area contributed by atoms with Crippen molar-refractivity contribution in [3.8, 4) is 0 Å². The van der Waals surface area contributed by atoms with Crippen LogP contribution in [0.15, 0.2) is 0 Å². The average molecular weight is 546 g/mol. The third kappa shape index (κ3) is 8.25. The monoisotopic (exact) mass is 544 g/mol. The number of hydrogen-bond donors (Lipinski definition) is 0. The first-order valence-electron chi connectivity index (χ1n) is 16.1. The van der Waals surface area contributed by atoms with E-state index in [1.54, 1.807) is 0 Å². The van der Waals surface area contributed by atoms with Gasteiger partial charge in [0.2, 0.25) is 0 Å². The van der Waals surface area contributed by atoms with Gasteiger partial charge >= 0.3 is 0 Å². The zero-order valence-electron chi connectivity index (χ0n) is 23.9. The van der Waals surface area contributed by atoms with Crippen molar-refractivity contribution in [2.24, 2.45) is 10.8 Å². The normalized spacial score (nSPS) is 31.7. The quantitative estimate of drug-likeness (QED) is 0.126. The molecule has 0 saturated heterocycles. The molecule has 0 N–H and O–H groups in total.